The van der Waals surface area contributed by atoms with Crippen LogP contribution in [0.25, 0.3) is 0 Å². The first-order valence-electron chi connectivity index (χ1n) is 12.8. The van der Waals surface area contributed by atoms with Crippen LogP contribution in [0.5, 0.6) is 5.75 Å². The molecule has 1 aliphatic heterocycles. The minimum atomic E-state index is -0.587. The molecule has 1 N–H and O–H groups in total. The van der Waals surface area contributed by atoms with Gasteiger partial charge in [0.05, 0.1) is 18.2 Å². The van der Waals surface area contributed by atoms with Crippen LogP contribution in [0.4, 0.5) is 5.69 Å². The number of benzene rings is 1. The zero-order valence-corrected chi connectivity index (χ0v) is 20.3. The third-order valence-corrected chi connectivity index (χ3v) is 8.64. The number of carbonyl (C=O) groups excluding carboxylic acids is 3. The second kappa shape index (κ2) is 9.23. The molecule has 7 nitrogen and oxygen atoms in total. The fourth-order valence-electron chi connectivity index (χ4n) is 7.45. The van der Waals surface area contributed by atoms with E-state index in [-0.39, 0.29) is 42.8 Å². The number of hydrogen-bond acceptors (Lipinski definition) is 5. The van der Waals surface area contributed by atoms with Gasteiger partial charge < -0.3 is 19.7 Å². The lowest BCUT2D eigenvalue weighted by molar-refractivity contribution is -0.153. The maximum absolute atomic E-state index is 12.7. The number of amides is 2. The van der Waals surface area contributed by atoms with E-state index in [9.17, 15) is 14.4 Å². The fourth-order valence-corrected chi connectivity index (χ4v) is 7.45. The van der Waals surface area contributed by atoms with Gasteiger partial charge in [-0.1, -0.05) is 12.1 Å². The van der Waals surface area contributed by atoms with Crippen molar-refractivity contribution >= 4 is 23.5 Å². The van der Waals surface area contributed by atoms with Crippen molar-refractivity contribution in [3.8, 4) is 5.75 Å². The van der Waals surface area contributed by atoms with Crippen molar-refractivity contribution in [1.29, 1.82) is 0 Å². The summed E-state index contributed by atoms with van der Waals surface area (Å²) in [5.41, 5.74) is 0.868. The number of nitrogens with one attached hydrogen (secondary N) is 1. The van der Waals surface area contributed by atoms with E-state index >= 15 is 0 Å². The topological polar surface area (TPSA) is 84.9 Å². The van der Waals surface area contributed by atoms with E-state index in [0.29, 0.717) is 18.0 Å². The van der Waals surface area contributed by atoms with Crippen molar-refractivity contribution in [2.45, 2.75) is 64.8 Å². The molecule has 0 radical (unpaired) electrons. The SMILES string of the molecule is CCOc1ccccc1N1CC(C(=O)OCC(=O)NC(C)C23CC4CC(CC(C4)C2)C3)CC1=O. The van der Waals surface area contributed by atoms with Gasteiger partial charge in [-0.3, -0.25) is 14.4 Å². The molecule has 1 aromatic rings. The summed E-state index contributed by atoms with van der Waals surface area (Å²) in [6.45, 7) is 4.43. The van der Waals surface area contributed by atoms with Gasteiger partial charge in [0.25, 0.3) is 5.91 Å². The average Bonchev–Trinajstić information content (AvgIpc) is 3.18. The number of rotatable bonds is 8. The summed E-state index contributed by atoms with van der Waals surface area (Å²) in [4.78, 5) is 39.5. The zero-order chi connectivity index (χ0) is 23.9. The van der Waals surface area contributed by atoms with Gasteiger partial charge in [0.1, 0.15) is 5.75 Å². The number of esters is 1. The van der Waals surface area contributed by atoms with Crippen LogP contribution in [0.15, 0.2) is 24.3 Å². The first kappa shape index (κ1) is 23.2. The van der Waals surface area contributed by atoms with Gasteiger partial charge in [0, 0.05) is 19.0 Å². The van der Waals surface area contributed by atoms with Crippen LogP contribution in [-0.2, 0) is 19.1 Å². The van der Waals surface area contributed by atoms with Crippen molar-refractivity contribution in [3.63, 3.8) is 0 Å². The maximum atomic E-state index is 12.7. The third-order valence-electron chi connectivity index (χ3n) is 8.64. The number of para-hydroxylation sites is 2. The van der Waals surface area contributed by atoms with E-state index in [4.69, 9.17) is 9.47 Å². The van der Waals surface area contributed by atoms with E-state index in [2.05, 4.69) is 12.2 Å². The van der Waals surface area contributed by atoms with E-state index in [1.807, 2.05) is 31.2 Å². The molecule has 5 fully saturated rings. The molecule has 1 heterocycles. The minimum Gasteiger partial charge on any atom is -0.492 e. The number of carbonyl (C=O) groups is 3. The Morgan fingerprint density at radius 2 is 1.76 bits per heavy atom. The second-order valence-electron chi connectivity index (χ2n) is 11.0. The summed E-state index contributed by atoms with van der Waals surface area (Å²) < 4.78 is 11.0. The molecule has 184 valence electrons. The molecule has 0 aromatic heterocycles. The van der Waals surface area contributed by atoms with Gasteiger partial charge in [-0.05, 0) is 87.7 Å². The van der Waals surface area contributed by atoms with Crippen LogP contribution in [0.3, 0.4) is 0 Å². The maximum Gasteiger partial charge on any atom is 0.311 e. The molecule has 6 rings (SSSR count). The van der Waals surface area contributed by atoms with Gasteiger partial charge in [-0.25, -0.2) is 0 Å². The molecule has 2 atom stereocenters. The molecule has 34 heavy (non-hydrogen) atoms. The summed E-state index contributed by atoms with van der Waals surface area (Å²) in [5.74, 6) is 1.59. The zero-order valence-electron chi connectivity index (χ0n) is 20.3. The highest BCUT2D eigenvalue weighted by molar-refractivity contribution is 6.00. The lowest BCUT2D eigenvalue weighted by Gasteiger charge is -2.59. The molecule has 0 spiro atoms. The average molecular weight is 469 g/mol. The van der Waals surface area contributed by atoms with Crippen LogP contribution >= 0.6 is 0 Å². The summed E-state index contributed by atoms with van der Waals surface area (Å²) >= 11 is 0. The normalized spacial score (nSPS) is 32.5. The quantitative estimate of drug-likeness (QED) is 0.588. The third kappa shape index (κ3) is 4.41. The molecule has 2 amide bonds. The van der Waals surface area contributed by atoms with Crippen LogP contribution in [-0.4, -0.2) is 43.6 Å². The Bertz CT molecular complexity index is 925. The van der Waals surface area contributed by atoms with Crippen molar-refractivity contribution in [3.05, 3.63) is 24.3 Å². The smallest absolute Gasteiger partial charge is 0.311 e. The van der Waals surface area contributed by atoms with Gasteiger partial charge in [-0.2, -0.15) is 0 Å². The fraction of sp³-hybridized carbons (Fsp3) is 0.667. The second-order valence-corrected chi connectivity index (χ2v) is 11.0. The van der Waals surface area contributed by atoms with Gasteiger partial charge in [-0.15, -0.1) is 0 Å². The van der Waals surface area contributed by atoms with Crippen LogP contribution in [0.1, 0.15) is 58.8 Å². The number of hydrogen-bond donors (Lipinski definition) is 1. The molecule has 2 unspecified atom stereocenters. The van der Waals surface area contributed by atoms with Crippen molar-refractivity contribution in [2.24, 2.45) is 29.1 Å². The first-order valence-corrected chi connectivity index (χ1v) is 12.8. The number of nitrogens with zero attached hydrogens (tertiary/aromatic N) is 1. The van der Waals surface area contributed by atoms with E-state index in [1.165, 1.54) is 38.5 Å². The number of anilines is 1. The molecule has 1 saturated heterocycles. The van der Waals surface area contributed by atoms with Gasteiger partial charge in [0.2, 0.25) is 5.91 Å². The lowest BCUT2D eigenvalue weighted by Crippen LogP contribution is -2.56. The Labute approximate surface area is 201 Å². The minimum absolute atomic E-state index is 0.0740. The molecule has 1 aromatic carbocycles. The highest BCUT2D eigenvalue weighted by Gasteiger charge is 2.53. The van der Waals surface area contributed by atoms with Gasteiger partial charge in [0.15, 0.2) is 6.61 Å². The predicted octanol–water partition coefficient (Wildman–Crippen LogP) is 3.70. The highest BCUT2D eigenvalue weighted by Crippen LogP contribution is 2.61. The molecule has 4 aliphatic carbocycles. The van der Waals surface area contributed by atoms with E-state index in [1.54, 1.807) is 4.90 Å². The van der Waals surface area contributed by atoms with Crippen LogP contribution in [0.2, 0.25) is 0 Å². The Morgan fingerprint density at radius 3 is 2.41 bits per heavy atom. The largest absolute Gasteiger partial charge is 0.492 e. The standard InChI is InChI=1S/C27H36N2O5/c1-3-33-23-7-5-4-6-22(23)29-15-21(11-25(29)31)26(32)34-16-24(30)28-17(2)27-12-18-8-19(13-27)10-20(9-18)14-27/h4-7,17-21H,3,8-16H2,1-2H3,(H,28,30). The number of ether oxygens (including phenoxy) is 2. The van der Waals surface area contributed by atoms with Gasteiger partial charge >= 0.3 is 5.97 Å². The molecule has 4 saturated carbocycles. The predicted molar refractivity (Wildman–Crippen MR) is 127 cm³/mol. The van der Waals surface area contributed by atoms with E-state index < -0.39 is 11.9 Å². The molecular weight excluding hydrogens is 432 g/mol. The Balaban J connectivity index is 1.13. The first-order chi connectivity index (χ1) is 16.4. The molecule has 5 aliphatic rings. The van der Waals surface area contributed by atoms with Crippen molar-refractivity contribution < 1.29 is 23.9 Å². The Morgan fingerprint density at radius 1 is 1.12 bits per heavy atom. The van der Waals surface area contributed by atoms with Crippen LogP contribution in [0, 0.1) is 29.1 Å². The van der Waals surface area contributed by atoms with Crippen molar-refractivity contribution in [1.82, 2.24) is 5.32 Å². The molecule has 7 heteroatoms. The lowest BCUT2D eigenvalue weighted by atomic mass is 9.48. The molecule has 4 bridgehead atoms. The van der Waals surface area contributed by atoms with E-state index in [0.717, 1.165) is 17.8 Å². The summed E-state index contributed by atoms with van der Waals surface area (Å²) in [5, 5.41) is 3.14. The van der Waals surface area contributed by atoms with Crippen LogP contribution < -0.4 is 15.0 Å². The highest BCUT2D eigenvalue weighted by atomic mass is 16.5. The monoisotopic (exact) mass is 468 g/mol. The Kier molecular flexibility index (Phi) is 6.30. The summed E-state index contributed by atoms with van der Waals surface area (Å²) in [6.07, 6.45) is 7.80. The Hall–Kier alpha value is -2.57. The summed E-state index contributed by atoms with van der Waals surface area (Å²) in [6, 6.07) is 7.41. The molecular formula is C27H36N2O5. The van der Waals surface area contributed by atoms with Crippen molar-refractivity contribution in [2.75, 3.05) is 24.7 Å². The summed E-state index contributed by atoms with van der Waals surface area (Å²) in [7, 11) is 0.